The van der Waals surface area contributed by atoms with Crippen molar-refractivity contribution in [2.45, 2.75) is 0 Å². The van der Waals surface area contributed by atoms with Crippen molar-refractivity contribution in [3.05, 3.63) is 0 Å². The molecule has 6 heteroatoms. The van der Waals surface area contributed by atoms with Gasteiger partial charge in [0.1, 0.15) is 0 Å². The van der Waals surface area contributed by atoms with Crippen LogP contribution in [0.2, 0.25) is 0 Å². The van der Waals surface area contributed by atoms with Gasteiger partial charge in [0.05, 0.1) is 0 Å². The molecule has 0 aromatic carbocycles. The van der Waals surface area contributed by atoms with Crippen LogP contribution in [0, 0.1) is 0 Å². The Morgan fingerprint density at radius 1 is 1.33 bits per heavy atom. The van der Waals surface area contributed by atoms with Crippen LogP contribution in [0.5, 0.6) is 0 Å². The van der Waals surface area contributed by atoms with Crippen LogP contribution in [-0.4, -0.2) is 0 Å². The first-order valence-corrected chi connectivity index (χ1v) is 2.19. The molecule has 0 aromatic rings. The maximum absolute atomic E-state index is 8.55. The van der Waals surface area contributed by atoms with Gasteiger partial charge in [-0.1, -0.05) is 0 Å². The fourth-order valence-corrected chi connectivity index (χ4v) is 0. The topological polar surface area (TPSA) is 86.2 Å². The van der Waals surface area contributed by atoms with E-state index in [1.54, 1.807) is 0 Å². The van der Waals surface area contributed by atoms with E-state index in [4.69, 9.17) is 19.2 Å². The smallest absolute Gasteiger partial charge is 0.822 e. The predicted octanol–water partition coefficient (Wildman–Crippen LogP) is -2.60. The molecule has 0 aromatic heterocycles. The fraction of sp³-hybridized carbons (Fsp3) is 0. The number of phosphoric acid groups is 1. The van der Waals surface area contributed by atoms with Gasteiger partial charge in [-0.05, 0) is 0 Å². The first kappa shape index (κ1) is 10.1. The SMILES string of the molecule is O=P([O-])([O-])[O-].[H+].[H+].[Zr+2]. The molecule has 0 aliphatic rings. The average molecular weight is 188 g/mol. The second-order valence-corrected chi connectivity index (χ2v) is 1.34. The van der Waals surface area contributed by atoms with Gasteiger partial charge in [0, 0.05) is 0 Å². The largest absolute Gasteiger partial charge is 2.00 e. The van der Waals surface area contributed by atoms with Crippen molar-refractivity contribution in [3.63, 3.8) is 0 Å². The Balaban J connectivity index is -0.0000000267. The van der Waals surface area contributed by atoms with Gasteiger partial charge in [-0.15, -0.1) is 0 Å². The molecular formula is H2O4PZr+. The second-order valence-electron chi connectivity index (χ2n) is 0.447. The Morgan fingerprint density at radius 2 is 1.33 bits per heavy atom. The molecule has 0 aliphatic heterocycles. The molecule has 0 rings (SSSR count). The summed E-state index contributed by atoms with van der Waals surface area (Å²) in [6.07, 6.45) is 0. The number of hydrogen-bond acceptors (Lipinski definition) is 4. The van der Waals surface area contributed by atoms with Crippen molar-refractivity contribution < 1.29 is 48.3 Å². The number of rotatable bonds is 0. The van der Waals surface area contributed by atoms with Crippen molar-refractivity contribution in [2.75, 3.05) is 0 Å². The normalized spacial score (nSPS) is 9.83. The Labute approximate surface area is 56.5 Å². The zero-order valence-corrected chi connectivity index (χ0v) is 5.93. The molecule has 0 spiro atoms. The van der Waals surface area contributed by atoms with Crippen LogP contribution in [0.4, 0.5) is 0 Å². The summed E-state index contributed by atoms with van der Waals surface area (Å²) in [5, 5.41) is 0. The quantitative estimate of drug-likeness (QED) is 0.390. The van der Waals surface area contributed by atoms with Crippen LogP contribution < -0.4 is 14.7 Å². The Morgan fingerprint density at radius 3 is 1.33 bits per heavy atom. The van der Waals surface area contributed by atoms with E-state index in [2.05, 4.69) is 0 Å². The van der Waals surface area contributed by atoms with Gasteiger partial charge in [0.25, 0.3) is 0 Å². The van der Waals surface area contributed by atoms with Crippen molar-refractivity contribution in [3.8, 4) is 0 Å². The minimum Gasteiger partial charge on any atom is -0.822 e. The van der Waals surface area contributed by atoms with Gasteiger partial charge in [-0.25, -0.2) is 0 Å². The molecule has 0 saturated carbocycles. The van der Waals surface area contributed by atoms with Crippen molar-refractivity contribution in [1.82, 2.24) is 0 Å². The molecule has 4 nitrogen and oxygen atoms in total. The third kappa shape index (κ3) is 80.7. The summed E-state index contributed by atoms with van der Waals surface area (Å²) in [5.74, 6) is 0. The van der Waals surface area contributed by atoms with Crippen LogP contribution in [0.25, 0.3) is 0 Å². The monoisotopic (exact) mass is 187 g/mol. The standard InChI is InChI=1S/H3O4P.Zr/c1-5(2,3)4;/h(H3,1,2,3,4);/q;+2/p-1. The van der Waals surface area contributed by atoms with E-state index in [0.717, 1.165) is 0 Å². The molecule has 0 radical (unpaired) electrons. The number of hydrogen-bond donors (Lipinski definition) is 0. The van der Waals surface area contributed by atoms with E-state index in [0.29, 0.717) is 0 Å². The van der Waals surface area contributed by atoms with Crippen molar-refractivity contribution >= 4 is 7.82 Å². The summed E-state index contributed by atoms with van der Waals surface area (Å²) in [6.45, 7) is 0. The van der Waals surface area contributed by atoms with Gasteiger partial charge >= 0.3 is 29.1 Å². The molecule has 0 amide bonds. The van der Waals surface area contributed by atoms with Gasteiger partial charge < -0.3 is 19.2 Å². The van der Waals surface area contributed by atoms with E-state index in [-0.39, 0.29) is 29.1 Å². The van der Waals surface area contributed by atoms with E-state index >= 15 is 0 Å². The Hall–Kier alpha value is 0.993. The van der Waals surface area contributed by atoms with Crippen LogP contribution >= 0.6 is 7.82 Å². The Bertz CT molecular complexity index is 60.2. The molecule has 0 fully saturated rings. The van der Waals surface area contributed by atoms with E-state index in [1.807, 2.05) is 0 Å². The van der Waals surface area contributed by atoms with Crippen LogP contribution in [0.15, 0.2) is 0 Å². The van der Waals surface area contributed by atoms with Crippen LogP contribution in [-0.2, 0) is 30.8 Å². The van der Waals surface area contributed by atoms with Gasteiger partial charge in [-0.3, -0.25) is 0 Å². The third-order valence-electron chi connectivity index (χ3n) is 0. The molecule has 0 saturated heterocycles. The van der Waals surface area contributed by atoms with Gasteiger partial charge in [-0.2, -0.15) is 7.82 Å². The first-order valence-electron chi connectivity index (χ1n) is 0.730. The summed E-state index contributed by atoms with van der Waals surface area (Å²) in [7, 11) is -5.39. The summed E-state index contributed by atoms with van der Waals surface area (Å²) >= 11 is 0. The van der Waals surface area contributed by atoms with Gasteiger partial charge in [0.2, 0.25) is 0 Å². The summed E-state index contributed by atoms with van der Waals surface area (Å²) in [5.41, 5.74) is 0. The molecule has 0 unspecified atom stereocenters. The van der Waals surface area contributed by atoms with Crippen LogP contribution in [0.1, 0.15) is 2.85 Å². The Kier molecular flexibility index (Phi) is 5.13. The zero-order valence-electron chi connectivity index (χ0n) is 4.58. The average Bonchev–Trinajstić information content (AvgIpc) is 0.722. The second kappa shape index (κ2) is 3.06. The molecule has 34 valence electrons. The zero-order chi connectivity index (χ0) is 4.50. The minimum absolute atomic E-state index is 0. The fourth-order valence-electron chi connectivity index (χ4n) is 0. The first-order chi connectivity index (χ1) is 2.00. The molecule has 0 N–H and O–H groups in total. The van der Waals surface area contributed by atoms with Crippen molar-refractivity contribution in [1.29, 1.82) is 0 Å². The van der Waals surface area contributed by atoms with Crippen molar-refractivity contribution in [2.24, 2.45) is 0 Å². The minimum atomic E-state index is -5.39. The molecule has 0 aliphatic carbocycles. The molecule has 0 atom stereocenters. The third-order valence-corrected chi connectivity index (χ3v) is 0. The summed E-state index contributed by atoms with van der Waals surface area (Å²) < 4.78 is 8.55. The van der Waals surface area contributed by atoms with Gasteiger partial charge in [0.15, 0.2) is 0 Å². The van der Waals surface area contributed by atoms with E-state index in [9.17, 15) is 0 Å². The predicted molar refractivity (Wildman–Crippen MR) is 9.83 cm³/mol. The maximum Gasteiger partial charge on any atom is 2.00 e. The van der Waals surface area contributed by atoms with E-state index < -0.39 is 7.82 Å². The summed E-state index contributed by atoms with van der Waals surface area (Å²) in [6, 6.07) is 0. The summed E-state index contributed by atoms with van der Waals surface area (Å²) in [4.78, 5) is 25.6. The molecule has 6 heavy (non-hydrogen) atoms. The molecule has 0 bridgehead atoms. The maximum atomic E-state index is 8.55. The molecular weight excluding hydrogens is 186 g/mol. The van der Waals surface area contributed by atoms with Crippen LogP contribution in [0.3, 0.4) is 0 Å². The molecule has 0 heterocycles. The van der Waals surface area contributed by atoms with E-state index in [1.165, 1.54) is 0 Å².